The van der Waals surface area contributed by atoms with Crippen LogP contribution in [0.4, 0.5) is 4.79 Å². The highest BCUT2D eigenvalue weighted by atomic mass is 16.6. The Labute approximate surface area is 145 Å². The van der Waals surface area contributed by atoms with E-state index in [1.807, 2.05) is 37.8 Å². The summed E-state index contributed by atoms with van der Waals surface area (Å²) in [5, 5.41) is 0. The molecule has 132 valence electrons. The van der Waals surface area contributed by atoms with Crippen molar-refractivity contribution in [3.05, 3.63) is 29.8 Å². The van der Waals surface area contributed by atoms with E-state index in [0.29, 0.717) is 11.5 Å². The molecule has 0 radical (unpaired) electrons. The van der Waals surface area contributed by atoms with E-state index in [4.69, 9.17) is 9.47 Å². The van der Waals surface area contributed by atoms with Crippen LogP contribution in [0.1, 0.15) is 52.0 Å². The summed E-state index contributed by atoms with van der Waals surface area (Å²) in [5.41, 5.74) is 1.18. The van der Waals surface area contributed by atoms with Gasteiger partial charge >= 0.3 is 6.09 Å². The number of carbonyl (C=O) groups excluding carboxylic acids is 1. The van der Waals surface area contributed by atoms with E-state index in [1.165, 1.54) is 5.56 Å². The minimum Gasteiger partial charge on any atom is -0.490 e. The zero-order valence-electron chi connectivity index (χ0n) is 15.3. The summed E-state index contributed by atoms with van der Waals surface area (Å²) in [5.74, 6) is 0.973. The molecule has 1 heterocycles. The van der Waals surface area contributed by atoms with Crippen molar-refractivity contribution in [2.45, 2.75) is 65.1 Å². The highest BCUT2D eigenvalue weighted by molar-refractivity contribution is 5.68. The minimum absolute atomic E-state index is 0.177. The topological polar surface area (TPSA) is 38.8 Å². The standard InChI is InChI=1S/C20H29NO3/c1-15-6-5-7-16(12-15)23-17-13-20(14-17)8-10-21(11-9-20)18(22)24-19(2,3)4/h5-7,12,17H,8-11,13-14H2,1-4H3. The maximum Gasteiger partial charge on any atom is 0.410 e. The van der Waals surface area contributed by atoms with Crippen molar-refractivity contribution < 1.29 is 14.3 Å². The van der Waals surface area contributed by atoms with E-state index in [1.54, 1.807) is 0 Å². The molecule has 0 atom stereocenters. The van der Waals surface area contributed by atoms with E-state index < -0.39 is 5.60 Å². The van der Waals surface area contributed by atoms with Crippen LogP contribution in [0, 0.1) is 12.3 Å². The second-order valence-corrected chi connectivity index (χ2v) is 8.43. The number of rotatable bonds is 2. The lowest BCUT2D eigenvalue weighted by atomic mass is 9.61. The van der Waals surface area contributed by atoms with Crippen molar-refractivity contribution in [1.82, 2.24) is 4.90 Å². The molecule has 2 aliphatic rings. The second kappa shape index (κ2) is 6.30. The molecule has 1 aliphatic heterocycles. The third kappa shape index (κ3) is 4.03. The lowest BCUT2D eigenvalue weighted by Crippen LogP contribution is -2.52. The van der Waals surface area contributed by atoms with Gasteiger partial charge in [-0.05, 0) is 76.5 Å². The van der Waals surface area contributed by atoms with Crippen LogP contribution in [0.25, 0.3) is 0 Å². The SMILES string of the molecule is Cc1cccc(OC2CC3(CCN(C(=O)OC(C)(C)C)CC3)C2)c1. The first-order valence-electron chi connectivity index (χ1n) is 8.96. The monoisotopic (exact) mass is 331 g/mol. The number of ether oxygens (including phenoxy) is 2. The zero-order valence-corrected chi connectivity index (χ0v) is 15.3. The molecule has 1 spiro atoms. The molecule has 24 heavy (non-hydrogen) atoms. The van der Waals surface area contributed by atoms with Gasteiger partial charge in [0.15, 0.2) is 0 Å². The van der Waals surface area contributed by atoms with E-state index in [-0.39, 0.29) is 6.09 Å². The smallest absolute Gasteiger partial charge is 0.410 e. The molecule has 0 N–H and O–H groups in total. The van der Waals surface area contributed by atoms with E-state index in [2.05, 4.69) is 19.1 Å². The number of aryl methyl sites for hydroxylation is 1. The molecule has 0 bridgehead atoms. The number of hydrogen-bond donors (Lipinski definition) is 0. The van der Waals surface area contributed by atoms with Gasteiger partial charge in [-0.3, -0.25) is 0 Å². The van der Waals surface area contributed by atoms with Crippen molar-refractivity contribution in [3.8, 4) is 5.75 Å². The largest absolute Gasteiger partial charge is 0.490 e. The Morgan fingerprint density at radius 1 is 1.21 bits per heavy atom. The Morgan fingerprint density at radius 2 is 1.88 bits per heavy atom. The molecule has 1 amide bonds. The Morgan fingerprint density at radius 3 is 2.46 bits per heavy atom. The normalized spacial score (nSPS) is 20.6. The summed E-state index contributed by atoms with van der Waals surface area (Å²) in [6, 6.07) is 8.25. The first kappa shape index (κ1) is 17.1. The molecular formula is C20H29NO3. The van der Waals surface area contributed by atoms with Crippen molar-refractivity contribution in [2.75, 3.05) is 13.1 Å². The lowest BCUT2D eigenvalue weighted by molar-refractivity contribution is -0.0583. The second-order valence-electron chi connectivity index (χ2n) is 8.43. The highest BCUT2D eigenvalue weighted by Crippen LogP contribution is 2.50. The number of carbonyl (C=O) groups is 1. The Balaban J connectivity index is 1.46. The number of benzene rings is 1. The minimum atomic E-state index is -0.421. The third-order valence-electron chi connectivity index (χ3n) is 5.09. The summed E-state index contributed by atoms with van der Waals surface area (Å²) in [6.07, 6.45) is 4.45. The Kier molecular flexibility index (Phi) is 4.50. The van der Waals surface area contributed by atoms with Gasteiger partial charge in [0.2, 0.25) is 0 Å². The van der Waals surface area contributed by atoms with E-state index in [0.717, 1.165) is 44.5 Å². The van der Waals surface area contributed by atoms with Gasteiger partial charge in [-0.1, -0.05) is 12.1 Å². The Hall–Kier alpha value is -1.71. The summed E-state index contributed by atoms with van der Waals surface area (Å²) in [4.78, 5) is 14.0. The van der Waals surface area contributed by atoms with Crippen LogP contribution >= 0.6 is 0 Å². The van der Waals surface area contributed by atoms with Crippen molar-refractivity contribution in [3.63, 3.8) is 0 Å². The van der Waals surface area contributed by atoms with Gasteiger partial charge in [0.1, 0.15) is 11.4 Å². The maximum absolute atomic E-state index is 12.1. The van der Waals surface area contributed by atoms with Crippen LogP contribution in [0.5, 0.6) is 5.75 Å². The van der Waals surface area contributed by atoms with Crippen molar-refractivity contribution in [1.29, 1.82) is 0 Å². The van der Waals surface area contributed by atoms with Gasteiger partial charge in [0.25, 0.3) is 0 Å². The molecule has 1 saturated carbocycles. The fourth-order valence-corrected chi connectivity index (χ4v) is 3.77. The Bertz CT molecular complexity index is 589. The zero-order chi connectivity index (χ0) is 17.4. The number of likely N-dealkylation sites (tertiary alicyclic amines) is 1. The molecule has 0 unspecified atom stereocenters. The van der Waals surface area contributed by atoms with Gasteiger partial charge in [0.05, 0.1) is 6.10 Å². The fraction of sp³-hybridized carbons (Fsp3) is 0.650. The predicted octanol–water partition coefficient (Wildman–Crippen LogP) is 4.55. The maximum atomic E-state index is 12.1. The van der Waals surface area contributed by atoms with Gasteiger partial charge in [-0.2, -0.15) is 0 Å². The molecule has 1 aliphatic carbocycles. The third-order valence-corrected chi connectivity index (χ3v) is 5.09. The van der Waals surface area contributed by atoms with Crippen LogP contribution in [0.15, 0.2) is 24.3 Å². The molecule has 1 aromatic carbocycles. The number of piperidine rings is 1. The van der Waals surface area contributed by atoms with Crippen LogP contribution in [-0.4, -0.2) is 35.8 Å². The van der Waals surface area contributed by atoms with Gasteiger partial charge in [0, 0.05) is 13.1 Å². The van der Waals surface area contributed by atoms with Crippen LogP contribution in [0.3, 0.4) is 0 Å². The average Bonchev–Trinajstić information content (AvgIpc) is 2.44. The molecule has 2 fully saturated rings. The molecule has 3 rings (SSSR count). The first-order valence-corrected chi connectivity index (χ1v) is 8.96. The average molecular weight is 331 g/mol. The molecule has 4 heteroatoms. The number of amides is 1. The predicted molar refractivity (Wildman–Crippen MR) is 94.3 cm³/mol. The van der Waals surface area contributed by atoms with E-state index in [9.17, 15) is 4.79 Å². The van der Waals surface area contributed by atoms with Crippen molar-refractivity contribution in [2.24, 2.45) is 5.41 Å². The van der Waals surface area contributed by atoms with E-state index >= 15 is 0 Å². The molecular weight excluding hydrogens is 302 g/mol. The number of nitrogens with zero attached hydrogens (tertiary/aromatic N) is 1. The van der Waals surface area contributed by atoms with Crippen LogP contribution < -0.4 is 4.74 Å². The lowest BCUT2D eigenvalue weighted by Gasteiger charge is -2.51. The van der Waals surface area contributed by atoms with Gasteiger partial charge < -0.3 is 14.4 Å². The van der Waals surface area contributed by atoms with Crippen molar-refractivity contribution >= 4 is 6.09 Å². The fourth-order valence-electron chi connectivity index (χ4n) is 3.77. The molecule has 4 nitrogen and oxygen atoms in total. The van der Waals surface area contributed by atoms with Gasteiger partial charge in [-0.15, -0.1) is 0 Å². The summed E-state index contributed by atoms with van der Waals surface area (Å²) in [6.45, 7) is 9.42. The summed E-state index contributed by atoms with van der Waals surface area (Å²) >= 11 is 0. The molecule has 0 aromatic heterocycles. The van der Waals surface area contributed by atoms with Crippen LogP contribution in [0.2, 0.25) is 0 Å². The summed E-state index contributed by atoms with van der Waals surface area (Å²) in [7, 11) is 0. The number of hydrogen-bond acceptors (Lipinski definition) is 3. The first-order chi connectivity index (χ1) is 11.2. The van der Waals surface area contributed by atoms with Crippen LogP contribution in [-0.2, 0) is 4.74 Å². The molecule has 1 aromatic rings. The molecule has 1 saturated heterocycles. The highest BCUT2D eigenvalue weighted by Gasteiger charge is 2.47. The van der Waals surface area contributed by atoms with Gasteiger partial charge in [-0.25, -0.2) is 4.79 Å². The quantitative estimate of drug-likeness (QED) is 0.798. The summed E-state index contributed by atoms with van der Waals surface area (Å²) < 4.78 is 11.6.